The van der Waals surface area contributed by atoms with Crippen molar-refractivity contribution in [1.29, 1.82) is 0 Å². The van der Waals surface area contributed by atoms with Crippen molar-refractivity contribution in [2.75, 3.05) is 17.3 Å². The number of anilines is 2. The highest BCUT2D eigenvalue weighted by atomic mass is 16.2. The molecule has 29 heavy (non-hydrogen) atoms. The molecule has 1 N–H and O–H groups in total. The molecule has 3 aromatic rings. The summed E-state index contributed by atoms with van der Waals surface area (Å²) in [6.07, 6.45) is 0. The molecule has 2 amide bonds. The van der Waals surface area contributed by atoms with E-state index in [0.29, 0.717) is 16.7 Å². The van der Waals surface area contributed by atoms with Crippen molar-refractivity contribution in [2.45, 2.75) is 33.7 Å². The van der Waals surface area contributed by atoms with Gasteiger partial charge in [-0.05, 0) is 50.1 Å². The third kappa shape index (κ3) is 3.89. The molecule has 0 fully saturated rings. The normalized spacial score (nSPS) is 11.9. The first kappa shape index (κ1) is 20.3. The molecule has 7 nitrogen and oxygen atoms in total. The average molecular weight is 392 g/mol. The summed E-state index contributed by atoms with van der Waals surface area (Å²) in [6, 6.07) is 12.0. The largest absolute Gasteiger partial charge is 0.324 e. The predicted octanol–water partition coefficient (Wildman–Crippen LogP) is 3.20. The van der Waals surface area contributed by atoms with E-state index in [4.69, 9.17) is 0 Å². The van der Waals surface area contributed by atoms with Crippen LogP contribution in [0.4, 0.5) is 11.5 Å². The number of fused-ring (bicyclic) bond motifs is 1. The van der Waals surface area contributed by atoms with E-state index in [1.165, 1.54) is 23.4 Å². The van der Waals surface area contributed by atoms with E-state index in [-0.39, 0.29) is 17.6 Å². The summed E-state index contributed by atoms with van der Waals surface area (Å²) in [5.74, 6) is -0.653. The Hall–Kier alpha value is -3.48. The van der Waals surface area contributed by atoms with Gasteiger partial charge >= 0.3 is 0 Å². The van der Waals surface area contributed by atoms with Gasteiger partial charge in [0.05, 0.1) is 11.0 Å². The number of hydrogen-bond donors (Lipinski definition) is 1. The molecule has 2 aromatic carbocycles. The minimum absolute atomic E-state index is 0.0115. The predicted molar refractivity (Wildman–Crippen MR) is 114 cm³/mol. The van der Waals surface area contributed by atoms with E-state index in [0.717, 1.165) is 11.1 Å². The zero-order chi connectivity index (χ0) is 21.3. The zero-order valence-electron chi connectivity index (χ0n) is 17.2. The number of carbonyl (C=O) groups is 2. The maximum Gasteiger partial charge on any atom is 0.295 e. The van der Waals surface area contributed by atoms with Crippen molar-refractivity contribution in [2.24, 2.45) is 0 Å². The summed E-state index contributed by atoms with van der Waals surface area (Å²) in [6.45, 7) is 6.88. The Labute approximate surface area is 169 Å². The van der Waals surface area contributed by atoms with Crippen molar-refractivity contribution in [3.05, 3.63) is 63.9 Å². The molecule has 0 aliphatic carbocycles. The van der Waals surface area contributed by atoms with E-state index in [1.807, 2.05) is 32.0 Å². The smallest absolute Gasteiger partial charge is 0.295 e. The third-order valence-corrected chi connectivity index (χ3v) is 4.99. The van der Waals surface area contributed by atoms with E-state index in [1.54, 1.807) is 31.2 Å². The zero-order valence-corrected chi connectivity index (χ0v) is 17.2. The molecule has 0 spiro atoms. The van der Waals surface area contributed by atoms with Gasteiger partial charge in [-0.15, -0.1) is 0 Å². The molecule has 0 saturated heterocycles. The maximum atomic E-state index is 13.2. The van der Waals surface area contributed by atoms with Crippen LogP contribution in [-0.4, -0.2) is 28.4 Å². The number of nitrogens with zero attached hydrogens (tertiary/aromatic N) is 3. The van der Waals surface area contributed by atoms with Crippen molar-refractivity contribution in [3.63, 3.8) is 0 Å². The van der Waals surface area contributed by atoms with Crippen LogP contribution in [0, 0.1) is 13.8 Å². The van der Waals surface area contributed by atoms with E-state index in [2.05, 4.69) is 10.3 Å². The van der Waals surface area contributed by atoms with Gasteiger partial charge in [0, 0.05) is 19.7 Å². The summed E-state index contributed by atoms with van der Waals surface area (Å²) in [5.41, 5.74) is 3.22. The summed E-state index contributed by atoms with van der Waals surface area (Å²) < 4.78 is 1.39. The fraction of sp³-hybridized carbons (Fsp3) is 0.273. The summed E-state index contributed by atoms with van der Waals surface area (Å²) >= 11 is 0. The number of nitrogens with one attached hydrogen (secondary N) is 1. The standard InChI is InChI=1S/C22H24N4O3/c1-13-10-11-14(2)18(12-13)24-21(28)15(3)26-19-9-7-6-8-17(19)23-20(22(26)29)25(5)16(4)27/h6-12,15H,1-5H3,(H,24,28)/t15-/m1/s1. The second-order valence-electron chi connectivity index (χ2n) is 7.16. The molecule has 150 valence electrons. The van der Waals surface area contributed by atoms with Gasteiger partial charge in [-0.25, -0.2) is 4.98 Å². The number of benzene rings is 2. The first-order valence-electron chi connectivity index (χ1n) is 9.34. The Morgan fingerprint density at radius 3 is 2.52 bits per heavy atom. The van der Waals surface area contributed by atoms with Crippen LogP contribution in [-0.2, 0) is 9.59 Å². The monoisotopic (exact) mass is 392 g/mol. The van der Waals surface area contributed by atoms with Crippen LogP contribution in [0.2, 0.25) is 0 Å². The van der Waals surface area contributed by atoms with Gasteiger partial charge in [0.25, 0.3) is 5.56 Å². The molecule has 0 saturated carbocycles. The molecule has 1 heterocycles. The Morgan fingerprint density at radius 2 is 1.83 bits per heavy atom. The first-order valence-corrected chi connectivity index (χ1v) is 9.34. The number of amides is 2. The lowest BCUT2D eigenvalue weighted by Crippen LogP contribution is -2.37. The fourth-order valence-electron chi connectivity index (χ4n) is 3.12. The molecule has 0 aliphatic heterocycles. The minimum Gasteiger partial charge on any atom is -0.324 e. The third-order valence-electron chi connectivity index (χ3n) is 4.99. The van der Waals surface area contributed by atoms with Crippen LogP contribution in [0.25, 0.3) is 11.0 Å². The molecule has 1 atom stereocenters. The average Bonchev–Trinajstić information content (AvgIpc) is 2.69. The van der Waals surface area contributed by atoms with Crippen molar-refractivity contribution >= 4 is 34.4 Å². The van der Waals surface area contributed by atoms with Gasteiger partial charge in [0.2, 0.25) is 17.6 Å². The molecule has 0 radical (unpaired) electrons. The van der Waals surface area contributed by atoms with E-state index >= 15 is 0 Å². The van der Waals surface area contributed by atoms with Gasteiger partial charge in [-0.2, -0.15) is 0 Å². The van der Waals surface area contributed by atoms with Gasteiger partial charge in [0.15, 0.2) is 0 Å². The Bertz CT molecular complexity index is 1170. The molecule has 0 bridgehead atoms. The van der Waals surface area contributed by atoms with Crippen LogP contribution in [0.1, 0.15) is 31.0 Å². The second kappa shape index (κ2) is 7.87. The van der Waals surface area contributed by atoms with Crippen LogP contribution in [0.3, 0.4) is 0 Å². The number of para-hydroxylation sites is 2. The Balaban J connectivity index is 2.11. The SMILES string of the molecule is CC(=O)N(C)c1nc2ccccc2n([C@H](C)C(=O)Nc2cc(C)ccc2C)c1=O. The van der Waals surface area contributed by atoms with Crippen molar-refractivity contribution < 1.29 is 9.59 Å². The lowest BCUT2D eigenvalue weighted by molar-refractivity contribution is -0.118. The number of rotatable bonds is 4. The number of aromatic nitrogens is 2. The summed E-state index contributed by atoms with van der Waals surface area (Å²) in [7, 11) is 1.49. The highest BCUT2D eigenvalue weighted by molar-refractivity contribution is 5.96. The summed E-state index contributed by atoms with van der Waals surface area (Å²) in [5, 5.41) is 2.91. The molecule has 3 rings (SSSR count). The van der Waals surface area contributed by atoms with Crippen LogP contribution in [0.15, 0.2) is 47.3 Å². The highest BCUT2D eigenvalue weighted by Crippen LogP contribution is 2.21. The molecular formula is C22H24N4O3. The van der Waals surface area contributed by atoms with Gasteiger partial charge in [-0.3, -0.25) is 23.9 Å². The van der Waals surface area contributed by atoms with E-state index < -0.39 is 11.6 Å². The molecule has 1 aromatic heterocycles. The lowest BCUT2D eigenvalue weighted by atomic mass is 10.1. The highest BCUT2D eigenvalue weighted by Gasteiger charge is 2.24. The van der Waals surface area contributed by atoms with Gasteiger partial charge < -0.3 is 5.32 Å². The quantitative estimate of drug-likeness (QED) is 0.739. The minimum atomic E-state index is -0.811. The maximum absolute atomic E-state index is 13.2. The first-order chi connectivity index (χ1) is 13.7. The van der Waals surface area contributed by atoms with Gasteiger partial charge in [0.1, 0.15) is 6.04 Å². The lowest BCUT2D eigenvalue weighted by Gasteiger charge is -2.21. The van der Waals surface area contributed by atoms with Crippen LogP contribution < -0.4 is 15.8 Å². The molecule has 0 unspecified atom stereocenters. The Kier molecular flexibility index (Phi) is 5.50. The van der Waals surface area contributed by atoms with Crippen LogP contribution in [0.5, 0.6) is 0 Å². The summed E-state index contributed by atoms with van der Waals surface area (Å²) in [4.78, 5) is 43.6. The second-order valence-corrected chi connectivity index (χ2v) is 7.16. The van der Waals surface area contributed by atoms with Crippen LogP contribution >= 0.6 is 0 Å². The molecular weight excluding hydrogens is 368 g/mol. The number of aryl methyl sites for hydroxylation is 2. The number of hydrogen-bond acceptors (Lipinski definition) is 4. The molecule has 7 heteroatoms. The number of carbonyl (C=O) groups excluding carboxylic acids is 2. The van der Waals surface area contributed by atoms with Crippen molar-refractivity contribution in [3.8, 4) is 0 Å². The Morgan fingerprint density at radius 1 is 1.14 bits per heavy atom. The van der Waals surface area contributed by atoms with E-state index in [9.17, 15) is 14.4 Å². The molecule has 0 aliphatic rings. The topological polar surface area (TPSA) is 84.3 Å². The fourth-order valence-corrected chi connectivity index (χ4v) is 3.12. The van der Waals surface area contributed by atoms with Crippen molar-refractivity contribution in [1.82, 2.24) is 9.55 Å². The van der Waals surface area contributed by atoms with Gasteiger partial charge in [-0.1, -0.05) is 24.3 Å².